The Morgan fingerprint density at radius 2 is 2.08 bits per heavy atom. The molecular formula is C12H17N. The second-order valence-corrected chi connectivity index (χ2v) is 4.59. The van der Waals surface area contributed by atoms with Gasteiger partial charge in [-0.2, -0.15) is 0 Å². The van der Waals surface area contributed by atoms with E-state index in [1.807, 2.05) is 0 Å². The Bertz CT molecular complexity index is 326. The van der Waals surface area contributed by atoms with E-state index in [-0.39, 0.29) is 0 Å². The van der Waals surface area contributed by atoms with E-state index in [2.05, 4.69) is 44.3 Å². The average molecular weight is 175 g/mol. The quantitative estimate of drug-likeness (QED) is 0.638. The Morgan fingerprint density at radius 1 is 1.31 bits per heavy atom. The summed E-state index contributed by atoms with van der Waals surface area (Å²) >= 11 is 0. The summed E-state index contributed by atoms with van der Waals surface area (Å²) in [5, 5.41) is 3.47. The molecule has 0 amide bonds. The molecule has 1 aliphatic rings. The summed E-state index contributed by atoms with van der Waals surface area (Å²) in [6.07, 6.45) is 0. The largest absolute Gasteiger partial charge is 0.312 e. The summed E-state index contributed by atoms with van der Waals surface area (Å²) in [6, 6.07) is 6.63. The minimum Gasteiger partial charge on any atom is -0.312 e. The molecule has 0 radical (unpaired) electrons. The Kier molecular flexibility index (Phi) is 1.92. The van der Waals surface area contributed by atoms with Crippen LogP contribution in [0.3, 0.4) is 0 Å². The highest BCUT2D eigenvalue weighted by Gasteiger charge is 2.27. The molecule has 0 unspecified atom stereocenters. The van der Waals surface area contributed by atoms with Crippen molar-refractivity contribution in [3.63, 3.8) is 0 Å². The van der Waals surface area contributed by atoms with Crippen molar-refractivity contribution in [2.24, 2.45) is 0 Å². The van der Waals surface area contributed by atoms with Crippen LogP contribution in [0, 0.1) is 6.92 Å². The molecule has 1 heterocycles. The van der Waals surface area contributed by atoms with Gasteiger partial charge in [0, 0.05) is 18.5 Å². The molecule has 0 aromatic heterocycles. The van der Waals surface area contributed by atoms with Crippen LogP contribution in [0.15, 0.2) is 18.2 Å². The summed E-state index contributed by atoms with van der Waals surface area (Å²) in [5.74, 6) is 0. The number of rotatable bonds is 0. The van der Waals surface area contributed by atoms with Crippen LogP contribution in [0.2, 0.25) is 0 Å². The van der Waals surface area contributed by atoms with Crippen LogP contribution in [0.1, 0.15) is 30.5 Å². The Balaban J connectivity index is 2.58. The zero-order valence-corrected chi connectivity index (χ0v) is 8.65. The first-order valence-corrected chi connectivity index (χ1v) is 4.91. The van der Waals surface area contributed by atoms with Crippen LogP contribution in [-0.2, 0) is 12.0 Å². The number of nitrogens with one attached hydrogen (secondary N) is 1. The molecule has 2 rings (SSSR count). The molecule has 0 spiro atoms. The molecule has 0 saturated carbocycles. The van der Waals surface area contributed by atoms with Crippen molar-refractivity contribution in [3.05, 3.63) is 34.9 Å². The predicted molar refractivity (Wildman–Crippen MR) is 55.9 cm³/mol. The maximum Gasteiger partial charge on any atom is 0.0211 e. The first-order chi connectivity index (χ1) is 6.11. The SMILES string of the molecule is Cc1cccc2c1CNCC2(C)C. The number of fused-ring (bicyclic) bond motifs is 1. The van der Waals surface area contributed by atoms with Crippen LogP contribution < -0.4 is 5.32 Å². The molecule has 1 nitrogen and oxygen atoms in total. The Hall–Kier alpha value is -0.820. The van der Waals surface area contributed by atoms with E-state index in [1.54, 1.807) is 0 Å². The van der Waals surface area contributed by atoms with Gasteiger partial charge in [-0.15, -0.1) is 0 Å². The van der Waals surface area contributed by atoms with Gasteiger partial charge in [-0.3, -0.25) is 0 Å². The van der Waals surface area contributed by atoms with Gasteiger partial charge in [-0.25, -0.2) is 0 Å². The maximum atomic E-state index is 3.47. The molecule has 0 bridgehead atoms. The van der Waals surface area contributed by atoms with Crippen molar-refractivity contribution in [1.29, 1.82) is 0 Å². The standard InChI is InChI=1S/C12H17N/c1-9-5-4-6-11-10(9)7-13-8-12(11,2)3/h4-6,13H,7-8H2,1-3H3. The number of benzene rings is 1. The second kappa shape index (κ2) is 2.85. The number of hydrogen-bond acceptors (Lipinski definition) is 1. The molecule has 0 atom stereocenters. The van der Waals surface area contributed by atoms with Crippen LogP contribution in [-0.4, -0.2) is 6.54 Å². The normalized spacial score (nSPS) is 19.6. The lowest BCUT2D eigenvalue weighted by molar-refractivity contribution is 0.434. The van der Waals surface area contributed by atoms with Gasteiger partial charge in [0.05, 0.1) is 0 Å². The summed E-state index contributed by atoms with van der Waals surface area (Å²) in [4.78, 5) is 0. The molecule has 1 aromatic rings. The van der Waals surface area contributed by atoms with Gasteiger partial charge < -0.3 is 5.32 Å². The molecule has 1 aromatic carbocycles. The van der Waals surface area contributed by atoms with Gasteiger partial charge >= 0.3 is 0 Å². The third kappa shape index (κ3) is 1.37. The van der Waals surface area contributed by atoms with E-state index in [0.29, 0.717) is 5.41 Å². The molecule has 1 heteroatoms. The maximum absolute atomic E-state index is 3.47. The second-order valence-electron chi connectivity index (χ2n) is 4.59. The van der Waals surface area contributed by atoms with Gasteiger partial charge in [0.15, 0.2) is 0 Å². The first kappa shape index (κ1) is 8.76. The number of hydrogen-bond donors (Lipinski definition) is 1. The van der Waals surface area contributed by atoms with Crippen LogP contribution >= 0.6 is 0 Å². The van der Waals surface area contributed by atoms with E-state index in [4.69, 9.17) is 0 Å². The predicted octanol–water partition coefficient (Wildman–Crippen LogP) is 2.38. The zero-order chi connectivity index (χ0) is 9.47. The first-order valence-electron chi connectivity index (χ1n) is 4.91. The highest BCUT2D eigenvalue weighted by Crippen LogP contribution is 2.30. The van der Waals surface area contributed by atoms with E-state index in [1.165, 1.54) is 16.7 Å². The summed E-state index contributed by atoms with van der Waals surface area (Å²) < 4.78 is 0. The van der Waals surface area contributed by atoms with E-state index in [9.17, 15) is 0 Å². The van der Waals surface area contributed by atoms with Crippen molar-refractivity contribution in [2.75, 3.05) is 6.54 Å². The molecule has 1 N–H and O–H groups in total. The zero-order valence-electron chi connectivity index (χ0n) is 8.65. The van der Waals surface area contributed by atoms with Crippen LogP contribution in [0.5, 0.6) is 0 Å². The van der Waals surface area contributed by atoms with Gasteiger partial charge in [0.1, 0.15) is 0 Å². The topological polar surface area (TPSA) is 12.0 Å². The summed E-state index contributed by atoms with van der Waals surface area (Å²) in [6.45, 7) is 8.92. The Morgan fingerprint density at radius 3 is 2.77 bits per heavy atom. The van der Waals surface area contributed by atoms with Gasteiger partial charge in [0.25, 0.3) is 0 Å². The van der Waals surface area contributed by atoms with E-state index in [0.717, 1.165) is 13.1 Å². The minimum atomic E-state index is 0.291. The van der Waals surface area contributed by atoms with Crippen molar-refractivity contribution in [1.82, 2.24) is 5.32 Å². The molecule has 70 valence electrons. The summed E-state index contributed by atoms with van der Waals surface area (Å²) in [7, 11) is 0. The summed E-state index contributed by atoms with van der Waals surface area (Å²) in [5.41, 5.74) is 4.72. The molecular weight excluding hydrogens is 158 g/mol. The molecule has 0 saturated heterocycles. The minimum absolute atomic E-state index is 0.291. The fraction of sp³-hybridized carbons (Fsp3) is 0.500. The fourth-order valence-corrected chi connectivity index (χ4v) is 2.17. The third-order valence-electron chi connectivity index (χ3n) is 3.01. The molecule has 0 fully saturated rings. The van der Waals surface area contributed by atoms with Gasteiger partial charge in [-0.1, -0.05) is 32.0 Å². The Labute approximate surface area is 80.2 Å². The monoisotopic (exact) mass is 175 g/mol. The lowest BCUT2D eigenvalue weighted by Gasteiger charge is -2.34. The lowest BCUT2D eigenvalue weighted by Crippen LogP contribution is -2.39. The fourth-order valence-electron chi connectivity index (χ4n) is 2.17. The van der Waals surface area contributed by atoms with Crippen LogP contribution in [0.4, 0.5) is 0 Å². The van der Waals surface area contributed by atoms with Crippen LogP contribution in [0.25, 0.3) is 0 Å². The number of aryl methyl sites for hydroxylation is 1. The van der Waals surface area contributed by atoms with Gasteiger partial charge in [-0.05, 0) is 23.6 Å². The molecule has 0 aliphatic carbocycles. The highest BCUT2D eigenvalue weighted by molar-refractivity contribution is 5.40. The highest BCUT2D eigenvalue weighted by atomic mass is 14.9. The van der Waals surface area contributed by atoms with Crippen molar-refractivity contribution in [3.8, 4) is 0 Å². The van der Waals surface area contributed by atoms with Crippen molar-refractivity contribution >= 4 is 0 Å². The molecule has 13 heavy (non-hydrogen) atoms. The van der Waals surface area contributed by atoms with Crippen molar-refractivity contribution < 1.29 is 0 Å². The van der Waals surface area contributed by atoms with E-state index < -0.39 is 0 Å². The van der Waals surface area contributed by atoms with Gasteiger partial charge in [0.2, 0.25) is 0 Å². The molecule has 1 aliphatic heterocycles. The average Bonchev–Trinajstić information content (AvgIpc) is 2.06. The smallest absolute Gasteiger partial charge is 0.0211 e. The third-order valence-corrected chi connectivity index (χ3v) is 3.01. The lowest BCUT2D eigenvalue weighted by atomic mass is 9.78. The van der Waals surface area contributed by atoms with E-state index >= 15 is 0 Å². The van der Waals surface area contributed by atoms with Crippen molar-refractivity contribution in [2.45, 2.75) is 32.7 Å².